The number of thioether (sulfide) groups is 1. The van der Waals surface area contributed by atoms with E-state index >= 15 is 0 Å². The lowest BCUT2D eigenvalue weighted by Crippen LogP contribution is -1.96. The fraction of sp³-hybridized carbons (Fsp3) is 0.250. The molecule has 0 aliphatic carbocycles. The van der Waals surface area contributed by atoms with E-state index in [1.165, 1.54) is 5.56 Å². The van der Waals surface area contributed by atoms with Gasteiger partial charge in [-0.05, 0) is 41.8 Å². The summed E-state index contributed by atoms with van der Waals surface area (Å²) < 4.78 is 7.37. The van der Waals surface area contributed by atoms with Gasteiger partial charge in [0, 0.05) is 5.75 Å². The summed E-state index contributed by atoms with van der Waals surface area (Å²) in [6, 6.07) is 18.2. The van der Waals surface area contributed by atoms with Crippen molar-refractivity contribution in [2.45, 2.75) is 30.7 Å². The fourth-order valence-corrected chi connectivity index (χ4v) is 3.05. The first-order valence-electron chi connectivity index (χ1n) is 8.69. The van der Waals surface area contributed by atoms with E-state index in [1.54, 1.807) is 29.0 Å². The predicted molar refractivity (Wildman–Crippen MR) is 106 cm³/mol. The molecular formula is C20H22N4OS. The number of rotatable bonds is 9. The van der Waals surface area contributed by atoms with E-state index in [0.717, 1.165) is 41.7 Å². The van der Waals surface area contributed by atoms with Crippen LogP contribution in [0.3, 0.4) is 0 Å². The largest absolute Gasteiger partial charge is 0.494 e. The molecule has 3 rings (SSSR count). The van der Waals surface area contributed by atoms with Gasteiger partial charge in [0.1, 0.15) is 12.1 Å². The highest BCUT2D eigenvalue weighted by atomic mass is 32.2. The second-order valence-corrected chi connectivity index (χ2v) is 6.69. The van der Waals surface area contributed by atoms with Gasteiger partial charge in [0.25, 0.3) is 0 Å². The number of hydrogen-bond acceptors (Lipinski definition) is 5. The third-order valence-corrected chi connectivity index (χ3v) is 4.69. The Morgan fingerprint density at radius 3 is 2.69 bits per heavy atom. The maximum absolute atomic E-state index is 5.67. The molecule has 0 aliphatic rings. The van der Waals surface area contributed by atoms with Crippen LogP contribution < -0.4 is 4.74 Å². The van der Waals surface area contributed by atoms with Crippen LogP contribution in [0.1, 0.15) is 30.9 Å². The third kappa shape index (κ3) is 5.46. The summed E-state index contributed by atoms with van der Waals surface area (Å²) in [7, 11) is 0. The highest BCUT2D eigenvalue weighted by molar-refractivity contribution is 7.98. The molecule has 0 unspecified atom stereocenters. The first-order valence-corrected chi connectivity index (χ1v) is 9.67. The molecule has 2 aromatic carbocycles. The molecule has 1 aromatic heterocycles. The molecule has 0 saturated heterocycles. The first kappa shape index (κ1) is 18.2. The lowest BCUT2D eigenvalue weighted by Gasteiger charge is -2.05. The van der Waals surface area contributed by atoms with Gasteiger partial charge in [-0.3, -0.25) is 0 Å². The molecule has 0 amide bonds. The van der Waals surface area contributed by atoms with E-state index in [4.69, 9.17) is 4.74 Å². The Bertz CT molecular complexity index is 815. The van der Waals surface area contributed by atoms with Crippen LogP contribution in [0, 0.1) is 0 Å². The summed E-state index contributed by atoms with van der Waals surface area (Å²) in [5.74, 6) is 1.72. The van der Waals surface area contributed by atoms with Gasteiger partial charge in [-0.25, -0.2) is 0 Å². The normalized spacial score (nSPS) is 11.1. The summed E-state index contributed by atoms with van der Waals surface area (Å²) in [6.07, 6.45) is 5.62. The van der Waals surface area contributed by atoms with Gasteiger partial charge < -0.3 is 4.74 Å². The number of aromatic nitrogens is 3. The van der Waals surface area contributed by atoms with Crippen molar-refractivity contribution in [3.05, 3.63) is 72.1 Å². The maximum atomic E-state index is 5.67. The van der Waals surface area contributed by atoms with Gasteiger partial charge >= 0.3 is 0 Å². The van der Waals surface area contributed by atoms with Crippen LogP contribution in [0.5, 0.6) is 5.75 Å². The Morgan fingerprint density at radius 2 is 1.92 bits per heavy atom. The van der Waals surface area contributed by atoms with Crippen LogP contribution in [-0.4, -0.2) is 27.7 Å². The van der Waals surface area contributed by atoms with E-state index in [-0.39, 0.29) is 0 Å². The van der Waals surface area contributed by atoms with Crippen molar-refractivity contribution in [3.63, 3.8) is 0 Å². The zero-order chi connectivity index (χ0) is 18.0. The Balaban J connectivity index is 1.58. The molecule has 0 radical (unpaired) electrons. The van der Waals surface area contributed by atoms with E-state index in [9.17, 15) is 0 Å². The molecule has 0 aliphatic heterocycles. The molecular weight excluding hydrogens is 344 g/mol. The topological polar surface area (TPSA) is 52.3 Å². The molecule has 5 nitrogen and oxygen atoms in total. The Kier molecular flexibility index (Phi) is 6.84. The standard InChI is InChI=1S/C20H22N4OS/c1-2-3-13-25-19-11-9-17(10-12-19)14-22-24-16-21-23-20(24)26-15-18-7-5-4-6-8-18/h4-12,14,16H,2-3,13,15H2,1H3. The average Bonchev–Trinajstić information content (AvgIpc) is 3.14. The molecule has 6 heteroatoms. The third-order valence-electron chi connectivity index (χ3n) is 3.69. The van der Waals surface area contributed by atoms with Crippen LogP contribution in [0.2, 0.25) is 0 Å². The van der Waals surface area contributed by atoms with Crippen molar-refractivity contribution in [3.8, 4) is 5.75 Å². The van der Waals surface area contributed by atoms with Gasteiger partial charge in [0.2, 0.25) is 5.16 Å². The highest BCUT2D eigenvalue weighted by Gasteiger charge is 2.04. The van der Waals surface area contributed by atoms with Crippen molar-refractivity contribution >= 4 is 18.0 Å². The Labute approximate surface area is 158 Å². The lowest BCUT2D eigenvalue weighted by molar-refractivity contribution is 0.309. The molecule has 0 saturated carbocycles. The predicted octanol–water partition coefficient (Wildman–Crippen LogP) is 4.63. The summed E-state index contributed by atoms with van der Waals surface area (Å²) >= 11 is 1.61. The van der Waals surface area contributed by atoms with E-state index in [2.05, 4.69) is 34.4 Å². The molecule has 134 valence electrons. The zero-order valence-corrected chi connectivity index (χ0v) is 15.6. The van der Waals surface area contributed by atoms with Crippen LogP contribution in [0.25, 0.3) is 0 Å². The Hall–Kier alpha value is -2.60. The van der Waals surface area contributed by atoms with Gasteiger partial charge in [0.15, 0.2) is 0 Å². The minimum Gasteiger partial charge on any atom is -0.494 e. The molecule has 26 heavy (non-hydrogen) atoms. The molecule has 3 aromatic rings. The molecule has 0 fully saturated rings. The van der Waals surface area contributed by atoms with E-state index < -0.39 is 0 Å². The van der Waals surface area contributed by atoms with Gasteiger partial charge in [-0.2, -0.15) is 9.78 Å². The molecule has 1 heterocycles. The minimum atomic E-state index is 0.757. The van der Waals surface area contributed by atoms with Crippen LogP contribution in [-0.2, 0) is 5.75 Å². The number of hydrogen-bond donors (Lipinski definition) is 0. The van der Waals surface area contributed by atoms with E-state index in [1.807, 2.05) is 42.5 Å². The number of benzene rings is 2. The molecule has 0 atom stereocenters. The van der Waals surface area contributed by atoms with Crippen molar-refractivity contribution in [1.29, 1.82) is 0 Å². The SMILES string of the molecule is CCCCOc1ccc(C=Nn2cnnc2SCc2ccccc2)cc1. The highest BCUT2D eigenvalue weighted by Crippen LogP contribution is 2.20. The van der Waals surface area contributed by atoms with E-state index in [0.29, 0.717) is 0 Å². The van der Waals surface area contributed by atoms with Gasteiger partial charge in [-0.1, -0.05) is 55.4 Å². The van der Waals surface area contributed by atoms with Crippen molar-refractivity contribution in [2.24, 2.45) is 5.10 Å². The van der Waals surface area contributed by atoms with Crippen LogP contribution >= 0.6 is 11.8 Å². The summed E-state index contributed by atoms with van der Waals surface area (Å²) in [4.78, 5) is 0. The number of unbranched alkanes of at least 4 members (excludes halogenated alkanes) is 1. The second kappa shape index (κ2) is 9.77. The lowest BCUT2D eigenvalue weighted by atomic mass is 10.2. The first-order chi connectivity index (χ1) is 12.8. The number of nitrogens with zero attached hydrogens (tertiary/aromatic N) is 4. The summed E-state index contributed by atoms with van der Waals surface area (Å²) in [6.45, 7) is 2.91. The summed E-state index contributed by atoms with van der Waals surface area (Å²) in [5, 5.41) is 13.3. The quantitative estimate of drug-likeness (QED) is 0.315. The van der Waals surface area contributed by atoms with Crippen LogP contribution in [0.15, 0.2) is 71.2 Å². The van der Waals surface area contributed by atoms with Crippen LogP contribution in [0.4, 0.5) is 0 Å². The van der Waals surface area contributed by atoms with Gasteiger partial charge in [0.05, 0.1) is 12.8 Å². The molecule has 0 spiro atoms. The van der Waals surface area contributed by atoms with Crippen molar-refractivity contribution in [2.75, 3.05) is 6.61 Å². The zero-order valence-electron chi connectivity index (χ0n) is 14.8. The second-order valence-electron chi connectivity index (χ2n) is 5.75. The summed E-state index contributed by atoms with van der Waals surface area (Å²) in [5.41, 5.74) is 2.25. The smallest absolute Gasteiger partial charge is 0.212 e. The molecule has 0 N–H and O–H groups in total. The minimum absolute atomic E-state index is 0.757. The monoisotopic (exact) mass is 366 g/mol. The Morgan fingerprint density at radius 1 is 1.12 bits per heavy atom. The average molecular weight is 366 g/mol. The molecule has 0 bridgehead atoms. The van der Waals surface area contributed by atoms with Gasteiger partial charge in [-0.15, -0.1) is 10.2 Å². The van der Waals surface area contributed by atoms with Crippen molar-refractivity contribution in [1.82, 2.24) is 14.9 Å². The maximum Gasteiger partial charge on any atom is 0.212 e. The number of ether oxygens (including phenoxy) is 1. The fourth-order valence-electron chi connectivity index (χ4n) is 2.23. The van der Waals surface area contributed by atoms with Crippen molar-refractivity contribution < 1.29 is 4.74 Å².